The van der Waals surface area contributed by atoms with Crippen LogP contribution in [0.4, 0.5) is 0 Å². The number of carbonyl (C=O) groups excluding carboxylic acids is 2. The van der Waals surface area contributed by atoms with E-state index in [9.17, 15) is 9.59 Å². The standard InChI is InChI=1S/C24H30N2O3/c1-5-29-17-10-8-16(9-11-17)19-7-6-12-26(19)23(28)22-15(2)21-18(25-22)13-24(3,4)14-20(21)27/h8-11,19,25H,5-7,12-14H2,1-4H3/t19-/m0/s1. The van der Waals surface area contributed by atoms with Gasteiger partial charge in [0.15, 0.2) is 5.78 Å². The number of benzene rings is 1. The number of H-pyrrole nitrogens is 1. The number of likely N-dealkylation sites (tertiary alicyclic amines) is 1. The van der Waals surface area contributed by atoms with Gasteiger partial charge in [-0.2, -0.15) is 0 Å². The van der Waals surface area contributed by atoms with E-state index in [1.54, 1.807) is 0 Å². The van der Waals surface area contributed by atoms with Crippen molar-refractivity contribution in [3.63, 3.8) is 0 Å². The van der Waals surface area contributed by atoms with Crippen LogP contribution in [0.5, 0.6) is 5.75 Å². The number of aromatic nitrogens is 1. The Kier molecular flexibility index (Phi) is 5.01. The zero-order chi connectivity index (χ0) is 20.8. The minimum absolute atomic E-state index is 0.00103. The highest BCUT2D eigenvalue weighted by molar-refractivity contribution is 6.04. The highest BCUT2D eigenvalue weighted by Crippen LogP contribution is 2.39. The summed E-state index contributed by atoms with van der Waals surface area (Å²) in [6, 6.07) is 8.11. The first-order chi connectivity index (χ1) is 13.8. The number of carbonyl (C=O) groups is 2. The van der Waals surface area contributed by atoms with E-state index in [0.29, 0.717) is 18.7 Å². The first-order valence-electron chi connectivity index (χ1n) is 10.6. The second-order valence-corrected chi connectivity index (χ2v) is 9.08. The summed E-state index contributed by atoms with van der Waals surface area (Å²) in [5.74, 6) is 0.994. The zero-order valence-corrected chi connectivity index (χ0v) is 17.8. The maximum Gasteiger partial charge on any atom is 0.271 e. The molecule has 1 atom stereocenters. The lowest BCUT2D eigenvalue weighted by atomic mass is 9.75. The molecule has 0 saturated carbocycles. The van der Waals surface area contributed by atoms with Crippen molar-refractivity contribution in [3.05, 3.63) is 52.3 Å². The predicted octanol–water partition coefficient (Wildman–Crippen LogP) is 4.85. The minimum Gasteiger partial charge on any atom is -0.494 e. The Bertz CT molecular complexity index is 940. The maximum atomic E-state index is 13.5. The Balaban J connectivity index is 1.62. The number of ether oxygens (including phenoxy) is 1. The van der Waals surface area contributed by atoms with Crippen molar-refractivity contribution in [2.75, 3.05) is 13.2 Å². The number of amides is 1. The monoisotopic (exact) mass is 394 g/mol. The number of hydrogen-bond acceptors (Lipinski definition) is 3. The number of aromatic amines is 1. The van der Waals surface area contributed by atoms with Gasteiger partial charge in [-0.1, -0.05) is 26.0 Å². The molecule has 1 saturated heterocycles. The van der Waals surface area contributed by atoms with E-state index in [0.717, 1.165) is 53.9 Å². The summed E-state index contributed by atoms with van der Waals surface area (Å²) in [7, 11) is 0. The van der Waals surface area contributed by atoms with Gasteiger partial charge in [0, 0.05) is 24.2 Å². The third-order valence-corrected chi connectivity index (χ3v) is 6.20. The van der Waals surface area contributed by atoms with Crippen LogP contribution in [0.15, 0.2) is 24.3 Å². The van der Waals surface area contributed by atoms with Gasteiger partial charge in [0.25, 0.3) is 5.91 Å². The fourth-order valence-corrected chi connectivity index (χ4v) is 4.90. The van der Waals surface area contributed by atoms with Gasteiger partial charge in [-0.25, -0.2) is 0 Å². The second-order valence-electron chi connectivity index (χ2n) is 9.08. The number of Topliss-reactive ketones (excluding diaryl/α,β-unsaturated/α-hetero) is 1. The molecule has 0 bridgehead atoms. The van der Waals surface area contributed by atoms with Gasteiger partial charge in [-0.15, -0.1) is 0 Å². The molecule has 2 aliphatic rings. The van der Waals surface area contributed by atoms with Crippen molar-refractivity contribution in [2.45, 2.75) is 59.4 Å². The molecular weight excluding hydrogens is 364 g/mol. The van der Waals surface area contributed by atoms with Gasteiger partial charge in [0.2, 0.25) is 0 Å². The first-order valence-corrected chi connectivity index (χ1v) is 10.6. The molecule has 1 N–H and O–H groups in total. The van der Waals surface area contributed by atoms with Crippen LogP contribution in [-0.4, -0.2) is 34.7 Å². The Hall–Kier alpha value is -2.56. The summed E-state index contributed by atoms with van der Waals surface area (Å²) < 4.78 is 5.54. The number of hydrogen-bond donors (Lipinski definition) is 1. The summed E-state index contributed by atoms with van der Waals surface area (Å²) in [6.45, 7) is 9.46. The third-order valence-electron chi connectivity index (χ3n) is 6.20. The summed E-state index contributed by atoms with van der Waals surface area (Å²) in [4.78, 5) is 31.4. The molecule has 1 aliphatic heterocycles. The van der Waals surface area contributed by atoms with Crippen LogP contribution in [0.25, 0.3) is 0 Å². The van der Waals surface area contributed by atoms with Gasteiger partial charge < -0.3 is 14.6 Å². The molecule has 1 aromatic carbocycles. The zero-order valence-electron chi connectivity index (χ0n) is 17.8. The summed E-state index contributed by atoms with van der Waals surface area (Å²) in [6.07, 6.45) is 3.26. The van der Waals surface area contributed by atoms with Crippen molar-refractivity contribution >= 4 is 11.7 Å². The molecule has 0 unspecified atom stereocenters. The van der Waals surface area contributed by atoms with Gasteiger partial charge >= 0.3 is 0 Å². The predicted molar refractivity (Wildman–Crippen MR) is 113 cm³/mol. The van der Waals surface area contributed by atoms with E-state index in [2.05, 4.69) is 31.0 Å². The minimum atomic E-state index is -0.0693. The van der Waals surface area contributed by atoms with Crippen molar-refractivity contribution in [1.82, 2.24) is 9.88 Å². The van der Waals surface area contributed by atoms with Crippen molar-refractivity contribution in [1.29, 1.82) is 0 Å². The highest BCUT2D eigenvalue weighted by atomic mass is 16.5. The number of fused-ring (bicyclic) bond motifs is 1. The van der Waals surface area contributed by atoms with Crippen LogP contribution in [0, 0.1) is 12.3 Å². The average molecular weight is 395 g/mol. The van der Waals surface area contributed by atoms with Crippen LogP contribution in [0.3, 0.4) is 0 Å². The Morgan fingerprint density at radius 3 is 2.66 bits per heavy atom. The van der Waals surface area contributed by atoms with Crippen molar-refractivity contribution in [2.24, 2.45) is 5.41 Å². The molecule has 29 heavy (non-hydrogen) atoms. The summed E-state index contributed by atoms with van der Waals surface area (Å²) >= 11 is 0. The quantitative estimate of drug-likeness (QED) is 0.806. The fourth-order valence-electron chi connectivity index (χ4n) is 4.90. The largest absolute Gasteiger partial charge is 0.494 e. The lowest BCUT2D eigenvalue weighted by molar-refractivity contribution is 0.0729. The Morgan fingerprint density at radius 1 is 1.24 bits per heavy atom. The average Bonchev–Trinajstić information content (AvgIpc) is 3.26. The topological polar surface area (TPSA) is 62.4 Å². The molecule has 5 heteroatoms. The van der Waals surface area contributed by atoms with Crippen LogP contribution < -0.4 is 4.74 Å². The van der Waals surface area contributed by atoms with Gasteiger partial charge in [-0.3, -0.25) is 9.59 Å². The van der Waals surface area contributed by atoms with Crippen LogP contribution in [-0.2, 0) is 6.42 Å². The molecule has 0 spiro atoms. The van der Waals surface area contributed by atoms with E-state index in [4.69, 9.17) is 4.74 Å². The second kappa shape index (κ2) is 7.36. The molecule has 1 amide bonds. The van der Waals surface area contributed by atoms with Gasteiger partial charge in [0.05, 0.1) is 12.6 Å². The molecule has 0 radical (unpaired) electrons. The van der Waals surface area contributed by atoms with Crippen molar-refractivity contribution in [3.8, 4) is 5.75 Å². The van der Waals surface area contributed by atoms with E-state index in [-0.39, 0.29) is 23.1 Å². The molecule has 4 rings (SSSR count). The third kappa shape index (κ3) is 3.59. The summed E-state index contributed by atoms with van der Waals surface area (Å²) in [5, 5.41) is 0. The lowest BCUT2D eigenvalue weighted by Gasteiger charge is -2.28. The van der Waals surface area contributed by atoms with E-state index in [1.807, 2.05) is 30.9 Å². The lowest BCUT2D eigenvalue weighted by Crippen LogP contribution is -2.31. The summed E-state index contributed by atoms with van der Waals surface area (Å²) in [5.41, 5.74) is 4.11. The molecule has 154 valence electrons. The van der Waals surface area contributed by atoms with Crippen LogP contribution in [0.2, 0.25) is 0 Å². The van der Waals surface area contributed by atoms with Crippen LogP contribution >= 0.6 is 0 Å². The number of nitrogens with zero attached hydrogens (tertiary/aromatic N) is 1. The molecule has 1 aliphatic carbocycles. The SMILES string of the molecule is CCOc1ccc([C@@H]2CCCN2C(=O)c2[nH]c3c(c2C)C(=O)CC(C)(C)C3)cc1. The maximum absolute atomic E-state index is 13.5. The number of rotatable bonds is 4. The number of ketones is 1. The Morgan fingerprint density at radius 2 is 1.97 bits per heavy atom. The first kappa shape index (κ1) is 19.7. The highest BCUT2D eigenvalue weighted by Gasteiger charge is 2.37. The molecule has 1 fully saturated rings. The van der Waals surface area contributed by atoms with E-state index >= 15 is 0 Å². The normalized spacial score (nSPS) is 20.6. The molecule has 2 heterocycles. The molecule has 2 aromatic rings. The van der Waals surface area contributed by atoms with E-state index < -0.39 is 0 Å². The van der Waals surface area contributed by atoms with Gasteiger partial charge in [-0.05, 0) is 61.8 Å². The van der Waals surface area contributed by atoms with Gasteiger partial charge in [0.1, 0.15) is 11.4 Å². The molecule has 1 aromatic heterocycles. The Labute approximate surface area is 172 Å². The van der Waals surface area contributed by atoms with Crippen molar-refractivity contribution < 1.29 is 14.3 Å². The molecular formula is C24H30N2O3. The van der Waals surface area contributed by atoms with E-state index in [1.165, 1.54) is 0 Å². The smallest absolute Gasteiger partial charge is 0.271 e. The van der Waals surface area contributed by atoms with Crippen LogP contribution in [0.1, 0.15) is 83.7 Å². The number of nitrogens with one attached hydrogen (secondary N) is 1. The molecule has 5 nitrogen and oxygen atoms in total. The fraction of sp³-hybridized carbons (Fsp3) is 0.500.